The summed E-state index contributed by atoms with van der Waals surface area (Å²) in [5.74, 6) is -1.62. The second-order valence-electron chi connectivity index (χ2n) is 1.80. The van der Waals surface area contributed by atoms with Crippen molar-refractivity contribution in [3.63, 3.8) is 0 Å². The number of carbonyl (C=O) groups is 1. The molecule has 1 rings (SSSR count). The number of hydrogen-bond acceptors (Lipinski definition) is 2. The number of carboxylic acids is 1. The van der Waals surface area contributed by atoms with Gasteiger partial charge in [0.2, 0.25) is 0 Å². The van der Waals surface area contributed by atoms with Crippen LogP contribution in [0, 0.1) is 0 Å². The van der Waals surface area contributed by atoms with Crippen LogP contribution in [0.3, 0.4) is 0 Å². The zero-order valence-electron chi connectivity index (χ0n) is 7.07. The van der Waals surface area contributed by atoms with Crippen molar-refractivity contribution < 1.29 is 74.1 Å². The normalized spacial score (nSPS) is 7.67. The molecule has 0 bridgehead atoms. The van der Waals surface area contributed by atoms with E-state index in [0.29, 0.717) is 0 Å². The van der Waals surface area contributed by atoms with E-state index in [2.05, 4.69) is 0 Å². The molecule has 3 nitrogen and oxygen atoms in total. The van der Waals surface area contributed by atoms with Crippen LogP contribution in [0.25, 0.3) is 0 Å². The predicted octanol–water partition coefficient (Wildman–Crippen LogP) is -5.53. The van der Waals surface area contributed by atoms with Crippen LogP contribution in [0.4, 0.5) is 0 Å². The van der Waals surface area contributed by atoms with Gasteiger partial charge in [-0.25, -0.2) is 4.79 Å². The molecule has 1 aromatic rings. The van der Waals surface area contributed by atoms with Crippen LogP contribution in [0.2, 0.25) is 0 Å². The third-order valence-corrected chi connectivity index (χ3v) is 1.12. The van der Waals surface area contributed by atoms with Gasteiger partial charge < -0.3 is 10.2 Å². The van der Waals surface area contributed by atoms with Crippen molar-refractivity contribution in [3.8, 4) is 5.75 Å². The first-order valence-electron chi connectivity index (χ1n) is 2.71. The first-order valence-corrected chi connectivity index (χ1v) is 2.71. The van der Waals surface area contributed by atoms with Crippen LogP contribution in [0.1, 0.15) is 10.4 Å². The molecule has 52 valence electrons. The monoisotopic (exact) mass is 183 g/mol. The summed E-state index contributed by atoms with van der Waals surface area (Å²) >= 11 is 0. The third-order valence-electron chi connectivity index (χ3n) is 1.12. The van der Waals surface area contributed by atoms with E-state index in [-0.39, 0.29) is 64.7 Å². The molecule has 0 aliphatic carbocycles. The molecule has 1 aromatic carbocycles. The van der Waals surface area contributed by atoms with E-state index in [4.69, 9.17) is 5.11 Å². The molecule has 0 aromatic heterocycles. The number of benzene rings is 1. The van der Waals surface area contributed by atoms with Crippen molar-refractivity contribution in [1.82, 2.24) is 0 Å². The maximum Gasteiger partial charge on any atom is 1.00 e. The van der Waals surface area contributed by atoms with Gasteiger partial charge in [-0.15, -0.1) is 0 Å². The van der Waals surface area contributed by atoms with Gasteiger partial charge >= 0.3 is 65.1 Å². The molecule has 0 radical (unpaired) electrons. The van der Waals surface area contributed by atoms with Gasteiger partial charge in [0, 0.05) is 0 Å². The number of hydrogen-bond donors (Lipinski definition) is 1. The van der Waals surface area contributed by atoms with Gasteiger partial charge in [-0.05, 0) is 6.07 Å². The molecule has 0 spiro atoms. The minimum atomic E-state index is -1.18. The van der Waals surface area contributed by atoms with E-state index in [1.807, 2.05) is 0 Å². The molecule has 0 aliphatic rings. The summed E-state index contributed by atoms with van der Waals surface area (Å²) in [4.78, 5) is 10.2. The van der Waals surface area contributed by atoms with Crippen molar-refractivity contribution >= 4 is 5.97 Å². The second-order valence-corrected chi connectivity index (χ2v) is 1.80. The molecule has 1 N–H and O–H groups in total. The number of aromatic carboxylic acids is 1. The maximum absolute atomic E-state index is 10.7. The Morgan fingerprint density at radius 1 is 1.25 bits per heavy atom. The molecule has 0 saturated heterocycles. The Balaban J connectivity index is 0. The minimum Gasteiger partial charge on any atom is -0.872 e. The Morgan fingerprint density at radius 2 is 1.75 bits per heavy atom. The molecule has 0 fully saturated rings. The Morgan fingerprint density at radius 3 is 2.08 bits per heavy atom. The zero-order chi connectivity index (χ0) is 7.56. The van der Waals surface area contributed by atoms with Crippen molar-refractivity contribution in [2.45, 2.75) is 0 Å². The van der Waals surface area contributed by atoms with Gasteiger partial charge in [-0.2, -0.15) is 0 Å². The molecule has 0 heterocycles. The van der Waals surface area contributed by atoms with Crippen molar-refractivity contribution in [2.75, 3.05) is 0 Å². The Hall–Kier alpha value is 0.490. The average molecular weight is 183 g/mol. The van der Waals surface area contributed by atoms with Gasteiger partial charge in [0.25, 0.3) is 0 Å². The molecule has 0 unspecified atom stereocenters. The fourth-order valence-electron chi connectivity index (χ4n) is 0.643. The van der Waals surface area contributed by atoms with E-state index >= 15 is 0 Å². The molecule has 0 amide bonds. The molecular weight excluding hydrogens is 178 g/mol. The summed E-state index contributed by atoms with van der Waals surface area (Å²) < 4.78 is 0. The van der Waals surface area contributed by atoms with Crippen LogP contribution >= 0.6 is 0 Å². The molecule has 12 heavy (non-hydrogen) atoms. The number of carboxylic acid groups (broad SMARTS) is 1. The molecule has 0 atom stereocenters. The largest absolute Gasteiger partial charge is 1.00 e. The standard InChI is InChI=1S/C7H6O3.2Na/c8-6-4-2-1-3-5(6)7(9)10;;/h1-4,8H,(H,9,10);;/q;2*+1/p-1. The molecule has 0 aliphatic heterocycles. The SMILES string of the molecule is O=C(O)c1ccccc1[O-].[Na+].[Na+]. The number of para-hydroxylation sites is 1. The van der Waals surface area contributed by atoms with E-state index in [0.717, 1.165) is 0 Å². The third kappa shape index (κ3) is 3.94. The van der Waals surface area contributed by atoms with Gasteiger partial charge in [0.1, 0.15) is 0 Å². The Bertz CT molecular complexity index is 263. The summed E-state index contributed by atoms with van der Waals surface area (Å²) in [6.07, 6.45) is 0. The smallest absolute Gasteiger partial charge is 0.872 e. The quantitative estimate of drug-likeness (QED) is 0.442. The maximum atomic E-state index is 10.7. The zero-order valence-corrected chi connectivity index (χ0v) is 11.1. The fourth-order valence-corrected chi connectivity index (χ4v) is 0.643. The Kier molecular flexibility index (Phi) is 8.68. The first-order chi connectivity index (χ1) is 4.72. The summed E-state index contributed by atoms with van der Waals surface area (Å²) in [6, 6.07) is 5.54. The number of rotatable bonds is 1. The summed E-state index contributed by atoms with van der Waals surface area (Å²) in [7, 11) is 0. The van der Waals surface area contributed by atoms with Crippen molar-refractivity contribution in [1.29, 1.82) is 0 Å². The van der Waals surface area contributed by atoms with Crippen molar-refractivity contribution in [2.24, 2.45) is 0 Å². The fraction of sp³-hybridized carbons (Fsp3) is 0. The van der Waals surface area contributed by atoms with Crippen LogP contribution in [0.5, 0.6) is 5.75 Å². The van der Waals surface area contributed by atoms with Crippen LogP contribution < -0.4 is 64.2 Å². The average Bonchev–Trinajstić information content (AvgIpc) is 1.88. The topological polar surface area (TPSA) is 60.4 Å². The predicted molar refractivity (Wildman–Crippen MR) is 32.8 cm³/mol. The first kappa shape index (κ1) is 15.0. The van der Waals surface area contributed by atoms with E-state index in [1.54, 1.807) is 0 Å². The van der Waals surface area contributed by atoms with Gasteiger partial charge in [-0.1, -0.05) is 23.9 Å². The van der Waals surface area contributed by atoms with E-state index < -0.39 is 11.7 Å². The van der Waals surface area contributed by atoms with Gasteiger partial charge in [0.05, 0.1) is 5.56 Å². The summed E-state index contributed by atoms with van der Waals surface area (Å²) in [5, 5.41) is 19.0. The molecule has 5 heteroatoms. The van der Waals surface area contributed by atoms with Gasteiger partial charge in [-0.3, -0.25) is 0 Å². The second kappa shape index (κ2) is 6.95. The van der Waals surface area contributed by atoms with Crippen LogP contribution in [0.15, 0.2) is 24.3 Å². The molecular formula is C7H5Na2O3+. The van der Waals surface area contributed by atoms with Crippen LogP contribution in [-0.2, 0) is 0 Å². The van der Waals surface area contributed by atoms with Gasteiger partial charge in [0.15, 0.2) is 0 Å². The van der Waals surface area contributed by atoms with Crippen LogP contribution in [-0.4, -0.2) is 11.1 Å². The van der Waals surface area contributed by atoms with Crippen molar-refractivity contribution in [3.05, 3.63) is 29.8 Å². The van der Waals surface area contributed by atoms with E-state index in [9.17, 15) is 9.90 Å². The minimum absolute atomic E-state index is 0. The van der Waals surface area contributed by atoms with E-state index in [1.165, 1.54) is 24.3 Å². The molecule has 0 saturated carbocycles. The Labute approximate surface area is 114 Å². The summed E-state index contributed by atoms with van der Waals surface area (Å²) in [6.45, 7) is 0. The summed E-state index contributed by atoms with van der Waals surface area (Å²) in [5.41, 5.74) is -0.178.